The zero-order valence-electron chi connectivity index (χ0n) is 13.0. The van der Waals surface area contributed by atoms with E-state index >= 15 is 0 Å². The molecule has 0 aliphatic carbocycles. The minimum Gasteiger partial charge on any atom is -0.501 e. The maximum atomic E-state index is 5.58. The highest BCUT2D eigenvalue weighted by Crippen LogP contribution is 2.39. The summed E-state index contributed by atoms with van der Waals surface area (Å²) in [7, 11) is 2.07. The van der Waals surface area contributed by atoms with Crippen LogP contribution in [0, 0.1) is 0 Å². The second-order valence-corrected chi connectivity index (χ2v) is 5.62. The summed E-state index contributed by atoms with van der Waals surface area (Å²) in [6.45, 7) is 5.45. The first kappa shape index (κ1) is 15.1. The first-order chi connectivity index (χ1) is 9.78. The van der Waals surface area contributed by atoms with Crippen molar-refractivity contribution in [2.45, 2.75) is 51.0 Å². The van der Waals surface area contributed by atoms with Gasteiger partial charge in [-0.1, -0.05) is 44.2 Å². The molecule has 110 valence electrons. The summed E-state index contributed by atoms with van der Waals surface area (Å²) in [5.41, 5.74) is 2.98. The van der Waals surface area contributed by atoms with E-state index in [1.807, 2.05) is 6.26 Å². The predicted octanol–water partition coefficient (Wildman–Crippen LogP) is 4.03. The summed E-state index contributed by atoms with van der Waals surface area (Å²) < 4.78 is 5.58. The monoisotopic (exact) mass is 273 g/mol. The Labute approximate surface area is 123 Å². The fourth-order valence-electron chi connectivity index (χ4n) is 3.62. The van der Waals surface area contributed by atoms with Gasteiger partial charge in [-0.05, 0) is 43.9 Å². The lowest BCUT2D eigenvalue weighted by Gasteiger charge is -2.42. The van der Waals surface area contributed by atoms with Gasteiger partial charge in [0.25, 0.3) is 0 Å². The minimum atomic E-state index is 0.141. The Balaban J connectivity index is 2.42. The molecule has 0 saturated carbocycles. The highest BCUT2D eigenvalue weighted by Gasteiger charge is 2.38. The van der Waals surface area contributed by atoms with E-state index in [0.717, 1.165) is 32.3 Å². The van der Waals surface area contributed by atoms with Crippen LogP contribution < -0.4 is 5.32 Å². The number of likely N-dealkylation sites (N-methyl/N-ethyl adjacent to an activating group) is 1. The lowest BCUT2D eigenvalue weighted by molar-refractivity contribution is 0.207. The molecule has 1 heterocycles. The van der Waals surface area contributed by atoms with Crippen molar-refractivity contribution in [2.24, 2.45) is 0 Å². The fourth-order valence-corrected chi connectivity index (χ4v) is 3.62. The standard InChI is InChI=1S/C18H27NO/c1-4-18(5-2,16-11-7-6-8-12-16)17(19-3)15-10-9-13-20-14-15/h6-8,11-12,14,17,19H,4-5,9-10,13H2,1-3H3. The minimum absolute atomic E-state index is 0.141. The molecule has 2 nitrogen and oxygen atoms in total. The molecule has 1 N–H and O–H groups in total. The van der Waals surface area contributed by atoms with Gasteiger partial charge in [-0.2, -0.15) is 0 Å². The van der Waals surface area contributed by atoms with Gasteiger partial charge in [0.15, 0.2) is 0 Å². The van der Waals surface area contributed by atoms with E-state index < -0.39 is 0 Å². The van der Waals surface area contributed by atoms with Crippen LogP contribution in [0.4, 0.5) is 0 Å². The second kappa shape index (κ2) is 6.94. The molecule has 0 amide bonds. The van der Waals surface area contributed by atoms with Crippen molar-refractivity contribution in [3.05, 3.63) is 47.7 Å². The molecule has 1 aromatic carbocycles. The molecular formula is C18H27NO. The van der Waals surface area contributed by atoms with Crippen LogP contribution in [0.1, 0.15) is 45.1 Å². The van der Waals surface area contributed by atoms with E-state index in [-0.39, 0.29) is 5.41 Å². The second-order valence-electron chi connectivity index (χ2n) is 5.62. The highest BCUT2D eigenvalue weighted by molar-refractivity contribution is 5.33. The van der Waals surface area contributed by atoms with Crippen molar-refractivity contribution in [1.29, 1.82) is 0 Å². The first-order valence-corrected chi connectivity index (χ1v) is 7.81. The van der Waals surface area contributed by atoms with Crippen molar-refractivity contribution >= 4 is 0 Å². The summed E-state index contributed by atoms with van der Waals surface area (Å²) in [5, 5.41) is 3.56. The summed E-state index contributed by atoms with van der Waals surface area (Å²) in [6.07, 6.45) is 6.50. The Morgan fingerprint density at radius 1 is 1.20 bits per heavy atom. The Hall–Kier alpha value is -1.28. The third kappa shape index (κ3) is 2.76. The zero-order chi connectivity index (χ0) is 14.4. The van der Waals surface area contributed by atoms with Crippen molar-refractivity contribution in [3.63, 3.8) is 0 Å². The van der Waals surface area contributed by atoms with Crippen LogP contribution in [0.2, 0.25) is 0 Å². The Kier molecular flexibility index (Phi) is 5.24. The maximum Gasteiger partial charge on any atom is 0.0876 e. The average Bonchev–Trinajstić information content (AvgIpc) is 2.54. The molecule has 2 rings (SSSR count). The molecule has 1 aliphatic heterocycles. The fraction of sp³-hybridized carbons (Fsp3) is 0.556. The lowest BCUT2D eigenvalue weighted by atomic mass is 9.67. The number of benzene rings is 1. The topological polar surface area (TPSA) is 21.3 Å². The largest absolute Gasteiger partial charge is 0.501 e. The van der Waals surface area contributed by atoms with Crippen LogP contribution in [0.3, 0.4) is 0 Å². The molecule has 0 aromatic heterocycles. The molecule has 0 spiro atoms. The molecule has 0 saturated heterocycles. The zero-order valence-corrected chi connectivity index (χ0v) is 13.0. The maximum absolute atomic E-state index is 5.58. The third-order valence-electron chi connectivity index (χ3n) is 4.78. The Bertz CT molecular complexity index is 434. The lowest BCUT2D eigenvalue weighted by Crippen LogP contribution is -2.48. The Morgan fingerprint density at radius 2 is 1.90 bits per heavy atom. The molecule has 0 radical (unpaired) electrons. The highest BCUT2D eigenvalue weighted by atomic mass is 16.5. The normalized spacial score (nSPS) is 17.2. The molecule has 1 aromatic rings. The molecule has 2 heteroatoms. The predicted molar refractivity (Wildman–Crippen MR) is 84.8 cm³/mol. The molecule has 0 fully saturated rings. The number of hydrogen-bond acceptors (Lipinski definition) is 2. The van der Waals surface area contributed by atoms with Crippen LogP contribution in [0.25, 0.3) is 0 Å². The van der Waals surface area contributed by atoms with Crippen LogP contribution in [-0.2, 0) is 10.2 Å². The average molecular weight is 273 g/mol. The van der Waals surface area contributed by atoms with Crippen molar-refractivity contribution < 1.29 is 4.74 Å². The molecular weight excluding hydrogens is 246 g/mol. The summed E-state index contributed by atoms with van der Waals surface area (Å²) in [6, 6.07) is 11.3. The van der Waals surface area contributed by atoms with E-state index in [1.54, 1.807) is 0 Å². The van der Waals surface area contributed by atoms with Gasteiger partial charge in [0, 0.05) is 11.5 Å². The molecule has 1 aliphatic rings. The third-order valence-corrected chi connectivity index (χ3v) is 4.78. The van der Waals surface area contributed by atoms with Crippen molar-refractivity contribution in [1.82, 2.24) is 5.32 Å². The molecule has 20 heavy (non-hydrogen) atoms. The van der Waals surface area contributed by atoms with E-state index in [2.05, 4.69) is 56.5 Å². The quantitative estimate of drug-likeness (QED) is 0.845. The van der Waals surface area contributed by atoms with E-state index in [0.29, 0.717) is 6.04 Å². The number of rotatable bonds is 6. The van der Waals surface area contributed by atoms with Crippen LogP contribution >= 0.6 is 0 Å². The van der Waals surface area contributed by atoms with Gasteiger partial charge in [-0.15, -0.1) is 0 Å². The number of ether oxygens (including phenoxy) is 1. The van der Waals surface area contributed by atoms with Gasteiger partial charge < -0.3 is 10.1 Å². The Morgan fingerprint density at radius 3 is 2.40 bits per heavy atom. The van der Waals surface area contributed by atoms with Gasteiger partial charge in [0.05, 0.1) is 12.9 Å². The number of hydrogen-bond donors (Lipinski definition) is 1. The summed E-state index contributed by atoms with van der Waals surface area (Å²) in [5.74, 6) is 0. The van der Waals surface area contributed by atoms with Crippen molar-refractivity contribution in [3.8, 4) is 0 Å². The van der Waals surface area contributed by atoms with E-state index in [1.165, 1.54) is 11.1 Å². The SMILES string of the molecule is CCC(CC)(c1ccccc1)C(NC)C1=COCCC1. The van der Waals surface area contributed by atoms with Crippen LogP contribution in [-0.4, -0.2) is 19.7 Å². The van der Waals surface area contributed by atoms with E-state index in [9.17, 15) is 0 Å². The summed E-state index contributed by atoms with van der Waals surface area (Å²) >= 11 is 0. The van der Waals surface area contributed by atoms with Gasteiger partial charge in [0.2, 0.25) is 0 Å². The molecule has 1 atom stereocenters. The van der Waals surface area contributed by atoms with Gasteiger partial charge >= 0.3 is 0 Å². The molecule has 1 unspecified atom stereocenters. The number of nitrogens with one attached hydrogen (secondary N) is 1. The van der Waals surface area contributed by atoms with Gasteiger partial charge in [-0.25, -0.2) is 0 Å². The summed E-state index contributed by atoms with van der Waals surface area (Å²) in [4.78, 5) is 0. The van der Waals surface area contributed by atoms with Crippen LogP contribution in [0.5, 0.6) is 0 Å². The molecule has 0 bridgehead atoms. The van der Waals surface area contributed by atoms with Gasteiger partial charge in [0.1, 0.15) is 0 Å². The first-order valence-electron chi connectivity index (χ1n) is 7.81. The smallest absolute Gasteiger partial charge is 0.0876 e. The van der Waals surface area contributed by atoms with Gasteiger partial charge in [-0.3, -0.25) is 0 Å². The van der Waals surface area contributed by atoms with Crippen molar-refractivity contribution in [2.75, 3.05) is 13.7 Å². The van der Waals surface area contributed by atoms with Crippen LogP contribution in [0.15, 0.2) is 42.2 Å². The van der Waals surface area contributed by atoms with E-state index in [4.69, 9.17) is 4.74 Å².